The second kappa shape index (κ2) is 9.41. The lowest BCUT2D eigenvalue weighted by Gasteiger charge is -2.13. The fourth-order valence-corrected chi connectivity index (χ4v) is 5.52. The number of thioether (sulfide) groups is 1. The smallest absolute Gasteiger partial charge is 0.319 e. The number of nitrogen functional groups attached to an aromatic ring is 1. The van der Waals surface area contributed by atoms with Crippen LogP contribution in [0, 0.1) is 0 Å². The maximum atomic E-state index is 12.7. The quantitative estimate of drug-likeness (QED) is 0.488. The zero-order chi connectivity index (χ0) is 22.8. The molecule has 0 unspecified atom stereocenters. The topological polar surface area (TPSA) is 140 Å². The van der Waals surface area contributed by atoms with Crippen LogP contribution >= 0.6 is 23.1 Å². The van der Waals surface area contributed by atoms with Crippen LogP contribution in [0.15, 0.2) is 4.79 Å². The molecule has 0 spiro atoms. The van der Waals surface area contributed by atoms with Gasteiger partial charge in [-0.25, -0.2) is 4.98 Å². The van der Waals surface area contributed by atoms with Gasteiger partial charge in [0.25, 0.3) is 5.56 Å². The molecule has 0 aliphatic heterocycles. The second-order valence-corrected chi connectivity index (χ2v) is 10.2. The number of rotatable bonds is 7. The Bertz CT molecular complexity index is 1210. The van der Waals surface area contributed by atoms with E-state index >= 15 is 0 Å². The summed E-state index contributed by atoms with van der Waals surface area (Å²) in [5.74, 6) is 1.30. The maximum Gasteiger partial charge on any atom is 0.319 e. The Labute approximate surface area is 193 Å². The largest absolute Gasteiger partial charge is 0.457 e. The maximum absolute atomic E-state index is 12.7. The fourth-order valence-electron chi connectivity index (χ4n) is 3.49. The zero-order valence-electron chi connectivity index (χ0n) is 18.2. The third kappa shape index (κ3) is 4.85. The average molecular weight is 476 g/mol. The first-order chi connectivity index (χ1) is 15.3. The predicted molar refractivity (Wildman–Crippen MR) is 126 cm³/mol. The van der Waals surface area contributed by atoms with Gasteiger partial charge in [0.05, 0.1) is 11.1 Å². The molecule has 0 fully saturated rings. The van der Waals surface area contributed by atoms with Gasteiger partial charge in [-0.05, 0) is 38.2 Å². The minimum atomic E-state index is -0.458. The van der Waals surface area contributed by atoms with Crippen molar-refractivity contribution in [3.05, 3.63) is 32.4 Å². The first-order valence-electron chi connectivity index (χ1n) is 10.3. The molecule has 3 aromatic heterocycles. The van der Waals surface area contributed by atoms with Gasteiger partial charge in [0.15, 0.2) is 12.4 Å². The number of hydrogen-bond acceptors (Lipinski definition) is 11. The molecular formula is C20H25N7O3S2. The van der Waals surface area contributed by atoms with Crippen LogP contribution in [-0.4, -0.2) is 50.2 Å². The molecule has 1 aliphatic carbocycles. The van der Waals surface area contributed by atoms with Gasteiger partial charge < -0.3 is 20.4 Å². The highest BCUT2D eigenvalue weighted by Gasteiger charge is 2.21. The molecule has 3 aromatic rings. The average Bonchev–Trinajstić information content (AvgIpc) is 3.14. The number of fused-ring (bicyclic) bond motifs is 3. The van der Waals surface area contributed by atoms with Gasteiger partial charge in [-0.3, -0.25) is 9.59 Å². The molecule has 0 amide bonds. The van der Waals surface area contributed by atoms with Crippen molar-refractivity contribution in [1.82, 2.24) is 24.9 Å². The first-order valence-corrected chi connectivity index (χ1v) is 12.2. The van der Waals surface area contributed by atoms with E-state index in [4.69, 9.17) is 10.5 Å². The molecule has 32 heavy (non-hydrogen) atoms. The van der Waals surface area contributed by atoms with E-state index in [-0.39, 0.29) is 23.9 Å². The van der Waals surface area contributed by atoms with Crippen molar-refractivity contribution >= 4 is 51.2 Å². The molecule has 0 radical (unpaired) electrons. The number of nitrogens with one attached hydrogen (secondary N) is 1. The van der Waals surface area contributed by atoms with Crippen LogP contribution in [0.5, 0.6) is 0 Å². The van der Waals surface area contributed by atoms with Crippen molar-refractivity contribution in [2.75, 3.05) is 24.7 Å². The van der Waals surface area contributed by atoms with Gasteiger partial charge >= 0.3 is 5.97 Å². The highest BCUT2D eigenvalue weighted by molar-refractivity contribution is 7.99. The normalized spacial score (nSPS) is 14.2. The molecule has 0 bridgehead atoms. The molecule has 10 nitrogen and oxygen atoms in total. The molecule has 4 rings (SSSR count). The van der Waals surface area contributed by atoms with Gasteiger partial charge in [-0.1, -0.05) is 0 Å². The van der Waals surface area contributed by atoms with Crippen molar-refractivity contribution in [3.63, 3.8) is 0 Å². The Morgan fingerprint density at radius 2 is 2.03 bits per heavy atom. The fraction of sp³-hybridized carbons (Fsp3) is 0.500. The minimum Gasteiger partial charge on any atom is -0.457 e. The standard InChI is InChI=1S/C20H25N7O3S2/c1-10(18(29)30-8-13-24-19(21)26-20(25-13)27(2)3)31-9-14-22-16(28)15-11-6-4-5-7-12(11)32-17(15)23-14/h10H,4-9H2,1-3H3,(H,22,23,28)(H2,21,24,25,26)/t10-/m0/s1. The lowest BCUT2D eigenvalue weighted by atomic mass is 9.97. The number of ether oxygens (including phenoxy) is 1. The van der Waals surface area contributed by atoms with E-state index in [1.807, 2.05) is 0 Å². The van der Waals surface area contributed by atoms with E-state index in [1.54, 1.807) is 37.3 Å². The SMILES string of the molecule is C[C@H](SCc1nc2sc3c(c2c(=O)[nH]1)CCCC3)C(=O)OCc1nc(N)nc(N(C)C)n1. The van der Waals surface area contributed by atoms with Gasteiger partial charge in [-0.2, -0.15) is 15.0 Å². The number of aromatic nitrogens is 5. The number of H-pyrrole nitrogens is 1. The van der Waals surface area contributed by atoms with E-state index in [1.165, 1.54) is 16.6 Å². The number of nitrogens with zero attached hydrogens (tertiary/aromatic N) is 5. The number of aryl methyl sites for hydroxylation is 2. The first kappa shape index (κ1) is 22.5. The number of thiophene rings is 1. The van der Waals surface area contributed by atoms with Crippen LogP contribution in [0.1, 0.15) is 41.9 Å². The molecule has 1 atom stereocenters. The molecule has 12 heteroatoms. The Hall–Kier alpha value is -2.73. The minimum absolute atomic E-state index is 0.0675. The summed E-state index contributed by atoms with van der Waals surface area (Å²) in [6.07, 6.45) is 4.24. The molecule has 0 saturated heterocycles. The number of esters is 1. The third-order valence-electron chi connectivity index (χ3n) is 5.11. The molecule has 3 N–H and O–H groups in total. The number of carbonyl (C=O) groups excluding carboxylic acids is 1. The van der Waals surface area contributed by atoms with E-state index in [0.717, 1.165) is 41.5 Å². The van der Waals surface area contributed by atoms with Gasteiger partial charge in [0, 0.05) is 19.0 Å². The van der Waals surface area contributed by atoms with Crippen molar-refractivity contribution in [1.29, 1.82) is 0 Å². The van der Waals surface area contributed by atoms with Crippen LogP contribution in [0.3, 0.4) is 0 Å². The number of aromatic amines is 1. The summed E-state index contributed by atoms with van der Waals surface area (Å²) in [6, 6.07) is 0. The molecule has 1 aliphatic rings. The monoisotopic (exact) mass is 475 g/mol. The summed E-state index contributed by atoms with van der Waals surface area (Å²) < 4.78 is 5.34. The molecular weight excluding hydrogens is 450 g/mol. The van der Waals surface area contributed by atoms with Crippen molar-refractivity contribution < 1.29 is 9.53 Å². The van der Waals surface area contributed by atoms with Crippen molar-refractivity contribution in [2.45, 2.75) is 50.2 Å². The highest BCUT2D eigenvalue weighted by Crippen LogP contribution is 2.33. The van der Waals surface area contributed by atoms with Crippen LogP contribution in [0.2, 0.25) is 0 Å². The summed E-state index contributed by atoms with van der Waals surface area (Å²) in [4.78, 5) is 48.6. The zero-order valence-corrected chi connectivity index (χ0v) is 19.8. The number of anilines is 2. The molecule has 3 heterocycles. The van der Waals surface area contributed by atoms with Crippen LogP contribution in [0.4, 0.5) is 11.9 Å². The van der Waals surface area contributed by atoms with E-state index in [9.17, 15) is 9.59 Å². The second-order valence-electron chi connectivity index (χ2n) is 7.77. The lowest BCUT2D eigenvalue weighted by Crippen LogP contribution is -2.20. The molecule has 0 aromatic carbocycles. The Morgan fingerprint density at radius 3 is 2.81 bits per heavy atom. The number of hydrogen-bond donors (Lipinski definition) is 2. The van der Waals surface area contributed by atoms with Gasteiger partial charge in [0.2, 0.25) is 11.9 Å². The highest BCUT2D eigenvalue weighted by atomic mass is 32.2. The summed E-state index contributed by atoms with van der Waals surface area (Å²) >= 11 is 2.96. The predicted octanol–water partition coefficient (Wildman–Crippen LogP) is 2.06. The van der Waals surface area contributed by atoms with Crippen molar-refractivity contribution in [3.8, 4) is 0 Å². The van der Waals surface area contributed by atoms with E-state index in [2.05, 4.69) is 24.9 Å². The number of nitrogens with two attached hydrogens (primary N) is 1. The summed E-state index contributed by atoms with van der Waals surface area (Å²) in [7, 11) is 3.56. The van der Waals surface area contributed by atoms with E-state index in [0.29, 0.717) is 17.5 Å². The van der Waals surface area contributed by atoms with Crippen LogP contribution in [0.25, 0.3) is 10.2 Å². The lowest BCUT2D eigenvalue weighted by molar-refractivity contribution is -0.144. The Morgan fingerprint density at radius 1 is 1.25 bits per heavy atom. The summed E-state index contributed by atoms with van der Waals surface area (Å²) in [5, 5.41) is 0.277. The molecule has 0 saturated carbocycles. The van der Waals surface area contributed by atoms with Crippen molar-refractivity contribution in [2.24, 2.45) is 0 Å². The molecule has 170 valence electrons. The van der Waals surface area contributed by atoms with E-state index < -0.39 is 11.2 Å². The summed E-state index contributed by atoms with van der Waals surface area (Å²) in [6.45, 7) is 1.65. The van der Waals surface area contributed by atoms with Crippen LogP contribution < -0.4 is 16.2 Å². The van der Waals surface area contributed by atoms with Gasteiger partial charge in [0.1, 0.15) is 15.9 Å². The van der Waals surface area contributed by atoms with Gasteiger partial charge in [-0.15, -0.1) is 23.1 Å². The Kier molecular flexibility index (Phi) is 6.60. The Balaban J connectivity index is 1.37. The number of carbonyl (C=O) groups is 1. The van der Waals surface area contributed by atoms with Crippen LogP contribution in [-0.2, 0) is 34.7 Å². The third-order valence-corrected chi connectivity index (χ3v) is 7.43. The summed E-state index contributed by atoms with van der Waals surface area (Å²) in [5.41, 5.74) is 6.76.